The first-order valence-electron chi connectivity index (χ1n) is 5.42. The van der Waals surface area contributed by atoms with Crippen LogP contribution in [0.25, 0.3) is 0 Å². The van der Waals surface area contributed by atoms with Gasteiger partial charge in [0.15, 0.2) is 9.84 Å². The molecule has 3 nitrogen and oxygen atoms in total. The number of benzene rings is 1. The minimum absolute atomic E-state index is 0.00744. The lowest BCUT2D eigenvalue weighted by atomic mass is 9.83. The van der Waals surface area contributed by atoms with Crippen molar-refractivity contribution in [2.24, 2.45) is 5.41 Å². The zero-order valence-corrected chi connectivity index (χ0v) is 11.1. The Morgan fingerprint density at radius 2 is 2.22 bits per heavy atom. The number of rotatable bonds is 2. The van der Waals surface area contributed by atoms with Crippen molar-refractivity contribution in [3.8, 4) is 6.07 Å². The van der Waals surface area contributed by atoms with Gasteiger partial charge in [0.25, 0.3) is 0 Å². The van der Waals surface area contributed by atoms with Gasteiger partial charge < -0.3 is 0 Å². The van der Waals surface area contributed by atoms with Gasteiger partial charge in [0.05, 0.1) is 28.0 Å². The van der Waals surface area contributed by atoms with E-state index in [0.717, 1.165) is 0 Å². The third-order valence-electron chi connectivity index (χ3n) is 3.19. The van der Waals surface area contributed by atoms with Crippen LogP contribution in [0.3, 0.4) is 0 Å². The van der Waals surface area contributed by atoms with E-state index in [-0.39, 0.29) is 29.4 Å². The average Bonchev–Trinajstić information content (AvgIpc) is 2.62. The van der Waals surface area contributed by atoms with E-state index in [2.05, 4.69) is 6.07 Å². The molecule has 1 heterocycles. The van der Waals surface area contributed by atoms with Gasteiger partial charge >= 0.3 is 0 Å². The van der Waals surface area contributed by atoms with E-state index in [1.165, 1.54) is 12.1 Å². The smallest absolute Gasteiger partial charge is 0.151 e. The maximum atomic E-state index is 13.3. The monoisotopic (exact) mass is 287 g/mol. The van der Waals surface area contributed by atoms with Crippen LogP contribution in [0, 0.1) is 22.6 Å². The molecule has 6 heteroatoms. The molecule has 1 aliphatic heterocycles. The maximum absolute atomic E-state index is 13.3. The van der Waals surface area contributed by atoms with Gasteiger partial charge in [-0.05, 0) is 24.5 Å². The third kappa shape index (κ3) is 2.50. The summed E-state index contributed by atoms with van der Waals surface area (Å²) >= 11 is 5.83. The van der Waals surface area contributed by atoms with Crippen LogP contribution in [-0.2, 0) is 16.3 Å². The predicted octanol–water partition coefficient (Wildman–Crippen LogP) is 2.35. The lowest BCUT2D eigenvalue weighted by molar-refractivity contribution is 0.450. The zero-order valence-electron chi connectivity index (χ0n) is 9.49. The molecular formula is C12H11ClFNO2S. The Morgan fingerprint density at radius 3 is 2.78 bits per heavy atom. The molecule has 0 spiro atoms. The second-order valence-corrected chi connectivity index (χ2v) is 7.19. The summed E-state index contributed by atoms with van der Waals surface area (Å²) in [5, 5.41) is 9.19. The highest BCUT2D eigenvalue weighted by Gasteiger charge is 2.43. The molecule has 1 aliphatic rings. The average molecular weight is 288 g/mol. The SMILES string of the molecule is N#CC1(Cc2cccc(F)c2Cl)CCS(=O)(=O)C1. The molecular weight excluding hydrogens is 277 g/mol. The van der Waals surface area contributed by atoms with E-state index in [0.29, 0.717) is 5.56 Å². The van der Waals surface area contributed by atoms with E-state index in [4.69, 9.17) is 11.6 Å². The van der Waals surface area contributed by atoms with Gasteiger partial charge in [-0.2, -0.15) is 5.26 Å². The number of sulfone groups is 1. The molecule has 18 heavy (non-hydrogen) atoms. The van der Waals surface area contributed by atoms with Crippen LogP contribution in [0.2, 0.25) is 5.02 Å². The predicted molar refractivity (Wildman–Crippen MR) is 66.4 cm³/mol. The molecule has 1 aromatic carbocycles. The summed E-state index contributed by atoms with van der Waals surface area (Å²) in [4.78, 5) is 0. The van der Waals surface area contributed by atoms with E-state index in [9.17, 15) is 18.1 Å². The van der Waals surface area contributed by atoms with Gasteiger partial charge in [0.1, 0.15) is 5.82 Å². The van der Waals surface area contributed by atoms with E-state index >= 15 is 0 Å². The van der Waals surface area contributed by atoms with Crippen LogP contribution >= 0.6 is 11.6 Å². The Bertz CT molecular complexity index is 623. The quantitative estimate of drug-likeness (QED) is 0.839. The molecule has 0 N–H and O–H groups in total. The molecule has 0 aliphatic carbocycles. The molecule has 1 fully saturated rings. The largest absolute Gasteiger partial charge is 0.229 e. The standard InChI is InChI=1S/C12H11ClFNO2S/c13-11-9(2-1-3-10(11)14)6-12(7-15)4-5-18(16,17)8-12/h1-3H,4-6,8H2. The van der Waals surface area contributed by atoms with Crippen molar-refractivity contribution in [3.05, 3.63) is 34.6 Å². The molecule has 2 rings (SSSR count). The van der Waals surface area contributed by atoms with Crippen LogP contribution < -0.4 is 0 Å². The normalized spacial score (nSPS) is 25.8. The van der Waals surface area contributed by atoms with Crippen molar-refractivity contribution in [2.45, 2.75) is 12.8 Å². The summed E-state index contributed by atoms with van der Waals surface area (Å²) in [6, 6.07) is 6.43. The van der Waals surface area contributed by atoms with E-state index in [1.54, 1.807) is 6.07 Å². The van der Waals surface area contributed by atoms with Crippen LogP contribution in [0.1, 0.15) is 12.0 Å². The Kier molecular flexibility index (Phi) is 3.35. The van der Waals surface area contributed by atoms with Crippen molar-refractivity contribution < 1.29 is 12.8 Å². The Hall–Kier alpha value is -1.12. The molecule has 0 saturated carbocycles. The molecule has 0 bridgehead atoms. The summed E-state index contributed by atoms with van der Waals surface area (Å²) in [5.41, 5.74) is -0.494. The fraction of sp³-hybridized carbons (Fsp3) is 0.417. The summed E-state index contributed by atoms with van der Waals surface area (Å²) in [7, 11) is -3.17. The highest BCUT2D eigenvalue weighted by Crippen LogP contribution is 2.37. The van der Waals surface area contributed by atoms with Crippen molar-refractivity contribution in [1.29, 1.82) is 5.26 Å². The fourth-order valence-corrected chi connectivity index (χ4v) is 4.42. The maximum Gasteiger partial charge on any atom is 0.151 e. The molecule has 0 aromatic heterocycles. The number of nitrogens with zero attached hydrogens (tertiary/aromatic N) is 1. The summed E-state index contributed by atoms with van der Waals surface area (Å²) in [6.45, 7) is 0. The molecule has 0 amide bonds. The van der Waals surface area contributed by atoms with Gasteiger partial charge in [-0.3, -0.25) is 0 Å². The van der Waals surface area contributed by atoms with Gasteiger partial charge in [-0.25, -0.2) is 12.8 Å². The van der Waals surface area contributed by atoms with E-state index in [1.807, 2.05) is 0 Å². The van der Waals surface area contributed by atoms with Crippen molar-refractivity contribution in [2.75, 3.05) is 11.5 Å². The summed E-state index contributed by atoms with van der Waals surface area (Å²) in [6.07, 6.45) is 0.442. The number of halogens is 2. The van der Waals surface area contributed by atoms with Gasteiger partial charge in [0, 0.05) is 0 Å². The number of hydrogen-bond donors (Lipinski definition) is 0. The Labute approximate surface area is 110 Å². The molecule has 96 valence electrons. The highest BCUT2D eigenvalue weighted by molar-refractivity contribution is 7.91. The third-order valence-corrected chi connectivity index (χ3v) is 5.43. The van der Waals surface area contributed by atoms with Gasteiger partial charge in [-0.1, -0.05) is 23.7 Å². The molecule has 1 unspecified atom stereocenters. The Morgan fingerprint density at radius 1 is 1.50 bits per heavy atom. The first-order chi connectivity index (χ1) is 8.37. The number of nitriles is 1. The zero-order chi connectivity index (χ0) is 13.4. The topological polar surface area (TPSA) is 57.9 Å². The van der Waals surface area contributed by atoms with E-state index < -0.39 is 21.1 Å². The highest BCUT2D eigenvalue weighted by atomic mass is 35.5. The molecule has 1 aromatic rings. The van der Waals surface area contributed by atoms with Crippen LogP contribution in [0.5, 0.6) is 0 Å². The molecule has 1 saturated heterocycles. The minimum Gasteiger partial charge on any atom is -0.229 e. The minimum atomic E-state index is -3.17. The number of hydrogen-bond acceptors (Lipinski definition) is 3. The molecule has 1 atom stereocenters. The van der Waals surface area contributed by atoms with Crippen LogP contribution in [0.4, 0.5) is 4.39 Å². The lowest BCUT2D eigenvalue weighted by Gasteiger charge is -2.19. The fourth-order valence-electron chi connectivity index (χ4n) is 2.23. The van der Waals surface area contributed by atoms with Gasteiger partial charge in [-0.15, -0.1) is 0 Å². The van der Waals surface area contributed by atoms with Crippen molar-refractivity contribution >= 4 is 21.4 Å². The first-order valence-corrected chi connectivity index (χ1v) is 7.62. The van der Waals surface area contributed by atoms with Crippen molar-refractivity contribution in [1.82, 2.24) is 0 Å². The second-order valence-electron chi connectivity index (χ2n) is 4.62. The first kappa shape index (κ1) is 13.3. The van der Waals surface area contributed by atoms with Crippen molar-refractivity contribution in [3.63, 3.8) is 0 Å². The van der Waals surface area contributed by atoms with Crippen LogP contribution in [-0.4, -0.2) is 19.9 Å². The Balaban J connectivity index is 2.33. The van der Waals surface area contributed by atoms with Crippen LogP contribution in [0.15, 0.2) is 18.2 Å². The lowest BCUT2D eigenvalue weighted by Crippen LogP contribution is -2.23. The summed E-state index contributed by atoms with van der Waals surface area (Å²) in [5.74, 6) is -0.722. The summed E-state index contributed by atoms with van der Waals surface area (Å²) < 4.78 is 36.3. The van der Waals surface area contributed by atoms with Gasteiger partial charge in [0.2, 0.25) is 0 Å². The molecule has 0 radical (unpaired) electrons. The second kappa shape index (κ2) is 4.52.